The smallest absolute Gasteiger partial charge is 0.222 e. The number of nitrogens with zero attached hydrogens (tertiary/aromatic N) is 1. The Kier molecular flexibility index (Phi) is 3.89. The first-order valence-electron chi connectivity index (χ1n) is 6.57. The fourth-order valence-electron chi connectivity index (χ4n) is 2.58. The summed E-state index contributed by atoms with van der Waals surface area (Å²) in [6, 6.07) is 10.7. The maximum Gasteiger partial charge on any atom is 0.222 e. The number of alkyl halides is 1. The number of hydrogen-bond acceptors (Lipinski definition) is 2. The molecule has 1 saturated heterocycles. The van der Waals surface area contributed by atoms with E-state index in [0.29, 0.717) is 18.2 Å². The number of rotatable bonds is 4. The largest absolute Gasteiger partial charge is 0.342 e. The molecular formula is C15H16BrNOS. The molecule has 1 aliphatic rings. The van der Waals surface area contributed by atoms with Crippen molar-refractivity contribution in [3.8, 4) is 0 Å². The fourth-order valence-corrected chi connectivity index (χ4v) is 4.07. The van der Waals surface area contributed by atoms with Crippen molar-refractivity contribution in [3.05, 3.63) is 35.2 Å². The van der Waals surface area contributed by atoms with Gasteiger partial charge in [0.05, 0.1) is 0 Å². The van der Waals surface area contributed by atoms with Gasteiger partial charge in [-0.25, -0.2) is 0 Å². The molecule has 1 fully saturated rings. The summed E-state index contributed by atoms with van der Waals surface area (Å²) in [4.78, 5) is 15.2. The van der Waals surface area contributed by atoms with E-state index in [1.54, 1.807) is 0 Å². The molecule has 0 radical (unpaired) electrons. The van der Waals surface area contributed by atoms with Crippen molar-refractivity contribution in [2.75, 3.05) is 18.4 Å². The molecule has 4 heteroatoms. The maximum absolute atomic E-state index is 11.8. The molecule has 1 amide bonds. The van der Waals surface area contributed by atoms with Gasteiger partial charge in [-0.1, -0.05) is 34.1 Å². The Balaban J connectivity index is 1.64. The second kappa shape index (κ2) is 5.63. The molecule has 0 N–H and O–H groups in total. The standard InChI is InChI=1S/C15H16BrNOS/c16-9-11-7-15(18)17(10-11)6-5-13-8-12-3-1-2-4-14(12)19-13/h1-4,8,11H,5-7,9-10H2. The molecule has 2 aromatic rings. The third-order valence-electron chi connectivity index (χ3n) is 3.62. The zero-order valence-electron chi connectivity index (χ0n) is 10.6. The molecular weight excluding hydrogens is 322 g/mol. The van der Waals surface area contributed by atoms with Gasteiger partial charge in [0.2, 0.25) is 5.91 Å². The van der Waals surface area contributed by atoms with Gasteiger partial charge in [-0.2, -0.15) is 0 Å². The van der Waals surface area contributed by atoms with Gasteiger partial charge in [0, 0.05) is 34.4 Å². The van der Waals surface area contributed by atoms with Crippen LogP contribution < -0.4 is 0 Å². The van der Waals surface area contributed by atoms with Gasteiger partial charge in [-0.3, -0.25) is 4.79 Å². The number of fused-ring (bicyclic) bond motifs is 1. The third kappa shape index (κ3) is 2.84. The Morgan fingerprint density at radius 1 is 1.37 bits per heavy atom. The Bertz CT molecular complexity index is 562. The van der Waals surface area contributed by atoms with E-state index in [-0.39, 0.29) is 0 Å². The van der Waals surface area contributed by atoms with Gasteiger partial charge >= 0.3 is 0 Å². The Hall–Kier alpha value is -0.870. The summed E-state index contributed by atoms with van der Waals surface area (Å²) in [6.45, 7) is 1.77. The van der Waals surface area contributed by atoms with Crippen molar-refractivity contribution in [2.24, 2.45) is 5.92 Å². The lowest BCUT2D eigenvalue weighted by atomic mass is 10.2. The van der Waals surface area contributed by atoms with Gasteiger partial charge < -0.3 is 4.90 Å². The summed E-state index contributed by atoms with van der Waals surface area (Å²) in [6.07, 6.45) is 1.68. The van der Waals surface area contributed by atoms with E-state index in [0.717, 1.165) is 24.8 Å². The molecule has 1 atom stereocenters. The summed E-state index contributed by atoms with van der Waals surface area (Å²) in [7, 11) is 0. The van der Waals surface area contributed by atoms with E-state index >= 15 is 0 Å². The summed E-state index contributed by atoms with van der Waals surface area (Å²) < 4.78 is 1.34. The summed E-state index contributed by atoms with van der Waals surface area (Å²) in [5.41, 5.74) is 0. The lowest BCUT2D eigenvalue weighted by molar-refractivity contribution is -0.127. The average molecular weight is 338 g/mol. The highest BCUT2D eigenvalue weighted by Gasteiger charge is 2.28. The zero-order valence-corrected chi connectivity index (χ0v) is 13.0. The number of halogens is 1. The van der Waals surface area contributed by atoms with Crippen molar-refractivity contribution >= 4 is 43.3 Å². The molecule has 3 rings (SSSR count). The van der Waals surface area contributed by atoms with Crippen LogP contribution in [0.15, 0.2) is 30.3 Å². The minimum Gasteiger partial charge on any atom is -0.342 e. The topological polar surface area (TPSA) is 20.3 Å². The lowest BCUT2D eigenvalue weighted by Crippen LogP contribution is -2.27. The van der Waals surface area contributed by atoms with E-state index in [2.05, 4.69) is 46.3 Å². The van der Waals surface area contributed by atoms with Crippen molar-refractivity contribution in [3.63, 3.8) is 0 Å². The number of thiophene rings is 1. The highest BCUT2D eigenvalue weighted by Crippen LogP contribution is 2.26. The van der Waals surface area contributed by atoms with Gasteiger partial charge in [0.25, 0.3) is 0 Å². The number of carbonyl (C=O) groups is 1. The molecule has 1 aromatic carbocycles. The van der Waals surface area contributed by atoms with Crippen LogP contribution in [-0.2, 0) is 11.2 Å². The minimum atomic E-state index is 0.311. The molecule has 1 aliphatic heterocycles. The number of carbonyl (C=O) groups excluding carboxylic acids is 1. The van der Waals surface area contributed by atoms with Gasteiger partial charge in [-0.05, 0) is 29.9 Å². The molecule has 1 aromatic heterocycles. The van der Waals surface area contributed by atoms with Gasteiger partial charge in [0.1, 0.15) is 0 Å². The summed E-state index contributed by atoms with van der Waals surface area (Å²) >= 11 is 5.31. The number of likely N-dealkylation sites (tertiary alicyclic amines) is 1. The quantitative estimate of drug-likeness (QED) is 0.779. The highest BCUT2D eigenvalue weighted by atomic mass is 79.9. The van der Waals surface area contributed by atoms with Crippen LogP contribution in [0.3, 0.4) is 0 Å². The molecule has 0 spiro atoms. The molecule has 2 nitrogen and oxygen atoms in total. The number of hydrogen-bond donors (Lipinski definition) is 0. The van der Waals surface area contributed by atoms with Crippen LogP contribution in [0.4, 0.5) is 0 Å². The van der Waals surface area contributed by atoms with E-state index < -0.39 is 0 Å². The molecule has 0 saturated carbocycles. The maximum atomic E-state index is 11.8. The van der Waals surface area contributed by atoms with Crippen LogP contribution in [0, 0.1) is 5.92 Å². The van der Waals surface area contributed by atoms with Gasteiger partial charge in [-0.15, -0.1) is 11.3 Å². The van der Waals surface area contributed by atoms with Gasteiger partial charge in [0.15, 0.2) is 0 Å². The monoisotopic (exact) mass is 337 g/mol. The molecule has 19 heavy (non-hydrogen) atoms. The summed E-state index contributed by atoms with van der Waals surface area (Å²) in [5, 5.41) is 2.24. The first kappa shape index (κ1) is 13.1. The third-order valence-corrected chi connectivity index (χ3v) is 5.71. The van der Waals surface area contributed by atoms with E-state index in [9.17, 15) is 4.79 Å². The van der Waals surface area contributed by atoms with Crippen molar-refractivity contribution in [1.29, 1.82) is 0 Å². The lowest BCUT2D eigenvalue weighted by Gasteiger charge is -2.15. The van der Waals surface area contributed by atoms with E-state index in [4.69, 9.17) is 0 Å². The minimum absolute atomic E-state index is 0.311. The van der Waals surface area contributed by atoms with E-state index in [1.807, 2.05) is 16.2 Å². The second-order valence-corrected chi connectivity index (χ2v) is 6.88. The predicted molar refractivity (Wildman–Crippen MR) is 84.0 cm³/mol. The van der Waals surface area contributed by atoms with Crippen LogP contribution in [0.1, 0.15) is 11.3 Å². The van der Waals surface area contributed by atoms with Crippen molar-refractivity contribution < 1.29 is 4.79 Å². The number of amides is 1. The van der Waals surface area contributed by atoms with Crippen LogP contribution in [0.2, 0.25) is 0 Å². The van der Waals surface area contributed by atoms with Crippen LogP contribution in [0.25, 0.3) is 10.1 Å². The van der Waals surface area contributed by atoms with Crippen molar-refractivity contribution in [2.45, 2.75) is 12.8 Å². The zero-order chi connectivity index (χ0) is 13.2. The molecule has 100 valence electrons. The second-order valence-electron chi connectivity index (χ2n) is 5.06. The first-order chi connectivity index (χ1) is 9.26. The highest BCUT2D eigenvalue weighted by molar-refractivity contribution is 9.09. The Morgan fingerprint density at radius 2 is 2.21 bits per heavy atom. The molecule has 2 heterocycles. The van der Waals surface area contributed by atoms with Crippen molar-refractivity contribution in [1.82, 2.24) is 4.90 Å². The molecule has 0 aliphatic carbocycles. The predicted octanol–water partition coefficient (Wildman–Crippen LogP) is 3.69. The Morgan fingerprint density at radius 3 is 2.95 bits per heavy atom. The van der Waals surface area contributed by atoms with Crippen LogP contribution >= 0.6 is 27.3 Å². The first-order valence-corrected chi connectivity index (χ1v) is 8.51. The number of benzene rings is 1. The molecule has 1 unspecified atom stereocenters. The SMILES string of the molecule is O=C1CC(CBr)CN1CCc1cc2ccccc2s1. The fraction of sp³-hybridized carbons (Fsp3) is 0.400. The summed E-state index contributed by atoms with van der Waals surface area (Å²) in [5.74, 6) is 0.806. The molecule has 0 bridgehead atoms. The average Bonchev–Trinajstić information content (AvgIpc) is 2.99. The van der Waals surface area contributed by atoms with E-state index in [1.165, 1.54) is 15.0 Å². The Labute approximate surface area is 125 Å². The van der Waals surface area contributed by atoms with Crippen LogP contribution in [0.5, 0.6) is 0 Å². The normalized spacial score (nSPS) is 19.5. The van der Waals surface area contributed by atoms with Crippen LogP contribution in [-0.4, -0.2) is 29.2 Å².